The molecule has 0 spiro atoms. The normalized spacial score (nSPS) is 15.0. The Hall–Kier alpha value is -5.44. The van der Waals surface area contributed by atoms with Crippen LogP contribution in [0, 0.1) is 6.92 Å². The first-order valence-corrected chi connectivity index (χ1v) is 24.6. The molecule has 0 bridgehead atoms. The third kappa shape index (κ3) is 10.0. The minimum absolute atomic E-state index is 0.112. The largest absolute Gasteiger partial charge is 0.497 e. The van der Waals surface area contributed by atoms with Crippen LogP contribution in [0.4, 0.5) is 10.3 Å². The molecule has 15 nitrogen and oxygen atoms in total. The number of sulfonamides is 2. The summed E-state index contributed by atoms with van der Waals surface area (Å²) in [5, 5.41) is 5.82. The highest BCUT2D eigenvalue weighted by atomic mass is 32.2. The average Bonchev–Trinajstić information content (AvgIpc) is 4.03. The van der Waals surface area contributed by atoms with Crippen molar-refractivity contribution in [1.29, 1.82) is 0 Å². The van der Waals surface area contributed by atoms with Gasteiger partial charge in [-0.3, -0.25) is 0 Å². The summed E-state index contributed by atoms with van der Waals surface area (Å²) in [5.41, 5.74) is 5.01. The lowest BCUT2D eigenvalue weighted by atomic mass is 10.1. The van der Waals surface area contributed by atoms with Crippen LogP contribution in [0.5, 0.6) is 28.7 Å². The fourth-order valence-electron chi connectivity index (χ4n) is 7.22. The number of ether oxygens (including phenoxy) is 5. The number of para-hydroxylation sites is 1. The number of methoxy groups -OCH3 is 5. The summed E-state index contributed by atoms with van der Waals surface area (Å²) in [6.45, 7) is 5.77. The molecule has 6 aromatic rings. The van der Waals surface area contributed by atoms with E-state index in [-0.39, 0.29) is 9.79 Å². The first kappa shape index (κ1) is 45.6. The maximum Gasteiger partial charge on any atom is 0.247 e. The second kappa shape index (κ2) is 19.9. The molecule has 19 heteroatoms. The quantitative estimate of drug-likeness (QED) is 0.117. The summed E-state index contributed by atoms with van der Waals surface area (Å²) in [6.07, 6.45) is 0. The van der Waals surface area contributed by atoms with E-state index in [1.807, 2.05) is 41.1 Å². The van der Waals surface area contributed by atoms with E-state index in [9.17, 15) is 16.8 Å². The number of rotatable bonds is 13. The van der Waals surface area contributed by atoms with Crippen LogP contribution in [0.3, 0.4) is 0 Å². The van der Waals surface area contributed by atoms with Crippen molar-refractivity contribution < 1.29 is 40.5 Å². The Morgan fingerprint density at radius 2 is 0.984 bits per heavy atom. The van der Waals surface area contributed by atoms with Gasteiger partial charge in [-0.2, -0.15) is 8.61 Å². The van der Waals surface area contributed by atoms with Crippen molar-refractivity contribution in [1.82, 2.24) is 18.6 Å². The van der Waals surface area contributed by atoms with Gasteiger partial charge in [0.15, 0.2) is 10.3 Å². The van der Waals surface area contributed by atoms with Gasteiger partial charge in [-0.15, -0.1) is 22.7 Å². The number of hydrogen-bond acceptors (Lipinski definition) is 15. The van der Waals surface area contributed by atoms with Crippen molar-refractivity contribution in [3.8, 4) is 51.3 Å². The van der Waals surface area contributed by atoms with Gasteiger partial charge in [-0.05, 0) is 49.4 Å². The molecule has 4 heterocycles. The summed E-state index contributed by atoms with van der Waals surface area (Å²) < 4.78 is 82.5. The monoisotopic (exact) mass is 934 g/mol. The van der Waals surface area contributed by atoms with Crippen LogP contribution in [0.1, 0.15) is 5.56 Å². The number of aromatic nitrogens is 2. The summed E-state index contributed by atoms with van der Waals surface area (Å²) in [5.74, 6) is 2.33. The molecule has 4 aromatic carbocycles. The van der Waals surface area contributed by atoms with Gasteiger partial charge in [0.2, 0.25) is 20.0 Å². The maximum absolute atomic E-state index is 13.3. The number of piperazine rings is 2. The van der Waals surface area contributed by atoms with Gasteiger partial charge >= 0.3 is 0 Å². The second-order valence-corrected chi connectivity index (χ2v) is 19.9. The van der Waals surface area contributed by atoms with Gasteiger partial charge in [-0.25, -0.2) is 26.8 Å². The van der Waals surface area contributed by atoms with E-state index in [1.165, 1.54) is 54.7 Å². The molecular weight excluding hydrogens is 885 g/mol. The molecule has 63 heavy (non-hydrogen) atoms. The van der Waals surface area contributed by atoms with Crippen LogP contribution in [-0.4, -0.2) is 123 Å². The lowest BCUT2D eigenvalue weighted by Gasteiger charge is -2.34. The molecular formula is C44H50N6O9S4. The van der Waals surface area contributed by atoms with Gasteiger partial charge in [0.05, 0.1) is 46.9 Å². The minimum atomic E-state index is -3.72. The molecule has 334 valence electrons. The number of thiazole rings is 2. The second-order valence-electron chi connectivity index (χ2n) is 14.4. The summed E-state index contributed by atoms with van der Waals surface area (Å²) in [4.78, 5) is 14.0. The van der Waals surface area contributed by atoms with Gasteiger partial charge in [0.25, 0.3) is 0 Å². The van der Waals surface area contributed by atoms with Crippen molar-refractivity contribution in [2.45, 2.75) is 16.7 Å². The van der Waals surface area contributed by atoms with Crippen molar-refractivity contribution >= 4 is 53.0 Å². The molecule has 0 aliphatic carbocycles. The highest BCUT2D eigenvalue weighted by molar-refractivity contribution is 7.89. The van der Waals surface area contributed by atoms with Crippen LogP contribution in [0.15, 0.2) is 105 Å². The van der Waals surface area contributed by atoms with E-state index in [2.05, 4.69) is 34.9 Å². The number of hydrogen-bond donors (Lipinski definition) is 0. The average molecular weight is 935 g/mol. The first-order chi connectivity index (χ1) is 30.4. The first-order valence-electron chi connectivity index (χ1n) is 20.0. The van der Waals surface area contributed by atoms with Crippen molar-refractivity contribution in [3.63, 3.8) is 0 Å². The Kier molecular flexibility index (Phi) is 14.4. The Morgan fingerprint density at radius 3 is 1.46 bits per heavy atom. The number of nitrogens with zero attached hydrogens (tertiary/aromatic N) is 6. The third-order valence-electron chi connectivity index (χ3n) is 10.7. The van der Waals surface area contributed by atoms with Gasteiger partial charge in [0.1, 0.15) is 38.5 Å². The lowest BCUT2D eigenvalue weighted by Crippen LogP contribution is -2.48. The molecule has 2 aliphatic rings. The fourth-order valence-corrected chi connectivity index (χ4v) is 12.2. The van der Waals surface area contributed by atoms with E-state index < -0.39 is 20.0 Å². The molecule has 8 rings (SSSR count). The summed E-state index contributed by atoms with van der Waals surface area (Å²) in [7, 11) is 0.158. The number of anilines is 2. The third-order valence-corrected chi connectivity index (χ3v) is 16.3. The Morgan fingerprint density at radius 1 is 0.508 bits per heavy atom. The predicted octanol–water partition coefficient (Wildman–Crippen LogP) is 6.99. The van der Waals surface area contributed by atoms with Crippen molar-refractivity contribution in [3.05, 3.63) is 101 Å². The predicted molar refractivity (Wildman–Crippen MR) is 247 cm³/mol. The molecule has 2 fully saturated rings. The molecule has 2 aromatic heterocycles. The van der Waals surface area contributed by atoms with E-state index in [0.29, 0.717) is 75.4 Å². The smallest absolute Gasteiger partial charge is 0.247 e. The zero-order valence-corrected chi connectivity index (χ0v) is 39.2. The fraction of sp³-hybridized carbons (Fsp3) is 0.318. The molecule has 2 aliphatic heterocycles. The maximum atomic E-state index is 13.3. The van der Waals surface area contributed by atoms with Gasteiger partial charge < -0.3 is 33.5 Å². The highest BCUT2D eigenvalue weighted by Crippen LogP contribution is 2.36. The van der Waals surface area contributed by atoms with Crippen molar-refractivity contribution in [2.75, 3.05) is 97.7 Å². The zero-order valence-electron chi connectivity index (χ0n) is 35.9. The molecule has 0 unspecified atom stereocenters. The highest BCUT2D eigenvalue weighted by Gasteiger charge is 2.34. The summed E-state index contributed by atoms with van der Waals surface area (Å²) >= 11 is 3.12. The van der Waals surface area contributed by atoms with E-state index in [0.717, 1.165) is 38.5 Å². The molecule has 0 atom stereocenters. The Labute approximate surface area is 377 Å². The van der Waals surface area contributed by atoms with E-state index >= 15 is 0 Å². The Balaban J connectivity index is 0.000000189. The Bertz CT molecular complexity index is 2730. The number of aryl methyl sites for hydroxylation is 1. The van der Waals surface area contributed by atoms with Crippen LogP contribution < -0.4 is 33.5 Å². The standard InChI is InChI=1S/C22H25N3O5S2.C22H25N3O4S2/c1-28-16-8-9-20(30-3)21(14-16)32(26,27)25-12-10-24(11-13-25)22-23-18(15-31-22)17-6-4-5-7-19(17)29-2;1-16-5-4-6-17(13-16)19-15-30-22(23-19)24-9-11-25(12-10-24)31(26,27)21-14-18(28-2)7-8-20(21)29-3/h4-9,14-15H,10-13H2,1-3H3;4-8,13-15H,9-12H2,1-3H3. The van der Waals surface area contributed by atoms with E-state index in [1.54, 1.807) is 54.0 Å². The minimum Gasteiger partial charge on any atom is -0.497 e. The SMILES string of the molecule is COc1ccc(OC)c(S(=O)(=O)N2CCN(c3nc(-c4cccc(C)c4)cs3)CC2)c1.COc1ccc(OC)c(S(=O)(=O)N2CCN(c3nc(-c4ccccc4OC)cs3)CC2)c1. The molecule has 0 saturated carbocycles. The van der Waals surface area contributed by atoms with Gasteiger partial charge in [-0.1, -0.05) is 35.9 Å². The van der Waals surface area contributed by atoms with Crippen molar-refractivity contribution in [2.24, 2.45) is 0 Å². The van der Waals surface area contributed by atoms with Crippen LogP contribution in [-0.2, 0) is 20.0 Å². The van der Waals surface area contributed by atoms with Crippen LogP contribution in [0.25, 0.3) is 22.5 Å². The van der Waals surface area contributed by atoms with Crippen LogP contribution >= 0.6 is 22.7 Å². The molecule has 0 N–H and O–H groups in total. The zero-order chi connectivity index (χ0) is 44.7. The topological polar surface area (TPSA) is 153 Å². The lowest BCUT2D eigenvalue weighted by molar-refractivity contribution is 0.370. The van der Waals surface area contributed by atoms with Crippen LogP contribution in [0.2, 0.25) is 0 Å². The molecule has 2 saturated heterocycles. The molecule has 0 amide bonds. The van der Waals surface area contributed by atoms with Gasteiger partial charge in [0, 0.05) is 86.4 Å². The van der Waals surface area contributed by atoms with E-state index in [4.69, 9.17) is 33.7 Å². The summed E-state index contributed by atoms with van der Waals surface area (Å²) in [6, 6.07) is 25.6. The number of benzene rings is 4. The molecule has 0 radical (unpaired) electrons.